The van der Waals surface area contributed by atoms with Gasteiger partial charge in [0, 0.05) is 16.1 Å². The Bertz CT molecular complexity index is 1030. The summed E-state index contributed by atoms with van der Waals surface area (Å²) in [5.74, 6) is -2.58. The lowest BCUT2D eigenvalue weighted by atomic mass is 10.0. The van der Waals surface area contributed by atoms with Gasteiger partial charge >= 0.3 is 12.1 Å². The lowest BCUT2D eigenvalue weighted by molar-refractivity contribution is -0.192. The summed E-state index contributed by atoms with van der Waals surface area (Å²) in [5, 5.41) is 17.0. The number of imidazole rings is 1. The molecular weight excluding hydrogens is 399 g/mol. The van der Waals surface area contributed by atoms with Crippen LogP contribution in [0, 0.1) is 11.3 Å². The highest BCUT2D eigenvalue weighted by atomic mass is 35.5. The van der Waals surface area contributed by atoms with Gasteiger partial charge in [-0.25, -0.2) is 14.8 Å². The Morgan fingerprint density at radius 2 is 2.00 bits per heavy atom. The molecule has 0 unspecified atom stereocenters. The number of H-pyrrole nitrogens is 1. The molecule has 7 nitrogen and oxygen atoms in total. The number of nitrogens with one attached hydrogen (secondary N) is 1. The van der Waals surface area contributed by atoms with Gasteiger partial charge < -0.3 is 15.8 Å². The number of carbonyl (C=O) groups is 1. The number of nitriles is 1. The van der Waals surface area contributed by atoms with Crippen molar-refractivity contribution in [2.24, 2.45) is 0 Å². The highest BCUT2D eigenvalue weighted by Crippen LogP contribution is 2.30. The zero-order valence-electron chi connectivity index (χ0n) is 13.8. The van der Waals surface area contributed by atoms with Crippen LogP contribution in [0.5, 0.6) is 0 Å². The standard InChI is InChI=1S/C15H10ClN5.C2HF3O2/c16-10-3-1-2-9(4-10)13-5-11(14-7-19-8-20-14)12(6-17)15(18)21-13;3-2(4,5)1(6)7/h1-5,7-8H,(H2,18,21)(H,19,20);(H,6,7). The van der Waals surface area contributed by atoms with Gasteiger partial charge in [-0.2, -0.15) is 18.4 Å². The third-order valence-electron chi connectivity index (χ3n) is 3.31. The number of nitrogens with two attached hydrogens (primary N) is 1. The number of carboxylic acids is 1. The fraction of sp³-hybridized carbons (Fsp3) is 0.0588. The molecule has 2 heterocycles. The molecule has 3 rings (SSSR count). The minimum atomic E-state index is -5.08. The Morgan fingerprint density at radius 1 is 1.32 bits per heavy atom. The molecular formula is C17H11ClF3N5O2. The highest BCUT2D eigenvalue weighted by molar-refractivity contribution is 6.30. The molecule has 0 bridgehead atoms. The van der Waals surface area contributed by atoms with Crippen molar-refractivity contribution < 1.29 is 23.1 Å². The first-order valence-electron chi connectivity index (χ1n) is 7.39. The van der Waals surface area contributed by atoms with Crippen molar-refractivity contribution in [1.29, 1.82) is 5.26 Å². The summed E-state index contributed by atoms with van der Waals surface area (Å²) >= 11 is 6.00. The predicted molar refractivity (Wildman–Crippen MR) is 95.1 cm³/mol. The van der Waals surface area contributed by atoms with Gasteiger partial charge in [-0.15, -0.1) is 0 Å². The molecule has 0 aliphatic heterocycles. The highest BCUT2D eigenvalue weighted by Gasteiger charge is 2.38. The quantitative estimate of drug-likeness (QED) is 0.589. The van der Waals surface area contributed by atoms with Crippen LogP contribution in [0.3, 0.4) is 0 Å². The van der Waals surface area contributed by atoms with E-state index >= 15 is 0 Å². The second-order valence-corrected chi connectivity index (χ2v) is 5.64. The van der Waals surface area contributed by atoms with E-state index in [4.69, 9.17) is 27.2 Å². The van der Waals surface area contributed by atoms with Gasteiger partial charge in [0.2, 0.25) is 0 Å². The Morgan fingerprint density at radius 3 is 2.50 bits per heavy atom. The summed E-state index contributed by atoms with van der Waals surface area (Å²) in [7, 11) is 0. The van der Waals surface area contributed by atoms with E-state index in [-0.39, 0.29) is 5.82 Å². The molecule has 0 saturated carbocycles. The lowest BCUT2D eigenvalue weighted by Gasteiger charge is -2.08. The second-order valence-electron chi connectivity index (χ2n) is 5.21. The second kappa shape index (κ2) is 8.41. The van der Waals surface area contributed by atoms with Crippen LogP contribution in [0.4, 0.5) is 19.0 Å². The van der Waals surface area contributed by atoms with E-state index in [2.05, 4.69) is 21.0 Å². The molecule has 0 aliphatic rings. The average molecular weight is 410 g/mol. The lowest BCUT2D eigenvalue weighted by Crippen LogP contribution is -2.21. The van der Waals surface area contributed by atoms with Gasteiger partial charge in [-0.05, 0) is 18.2 Å². The normalized spacial score (nSPS) is 10.5. The number of hydrogen-bond donors (Lipinski definition) is 3. The van der Waals surface area contributed by atoms with Gasteiger partial charge in [0.05, 0.1) is 23.9 Å². The van der Waals surface area contributed by atoms with Crippen molar-refractivity contribution in [3.05, 3.63) is 53.4 Å². The molecule has 3 aromatic rings. The van der Waals surface area contributed by atoms with Crippen LogP contribution in [0.2, 0.25) is 5.02 Å². The molecule has 4 N–H and O–H groups in total. The largest absolute Gasteiger partial charge is 0.490 e. The summed E-state index contributed by atoms with van der Waals surface area (Å²) < 4.78 is 31.7. The summed E-state index contributed by atoms with van der Waals surface area (Å²) in [4.78, 5) is 20.1. The van der Waals surface area contributed by atoms with Gasteiger partial charge in [-0.1, -0.05) is 23.7 Å². The SMILES string of the molecule is N#Cc1c(-c2cnc[nH]2)cc(-c2cccc(Cl)c2)nc1N.O=C(O)C(F)(F)F. The number of hydrogen-bond acceptors (Lipinski definition) is 5. The molecule has 1 aromatic carbocycles. The van der Waals surface area contributed by atoms with Gasteiger partial charge in [0.15, 0.2) is 0 Å². The average Bonchev–Trinajstić information content (AvgIpc) is 3.15. The number of halogens is 4. The fourth-order valence-corrected chi connectivity index (χ4v) is 2.28. The van der Waals surface area contributed by atoms with Gasteiger partial charge in [0.25, 0.3) is 0 Å². The van der Waals surface area contributed by atoms with Crippen LogP contribution in [-0.2, 0) is 4.79 Å². The minimum absolute atomic E-state index is 0.180. The minimum Gasteiger partial charge on any atom is -0.475 e. The third kappa shape index (κ3) is 4.99. The molecule has 0 fully saturated rings. The van der Waals surface area contributed by atoms with Crippen molar-refractivity contribution in [1.82, 2.24) is 15.0 Å². The maximum atomic E-state index is 10.6. The molecule has 0 aliphatic carbocycles. The van der Waals surface area contributed by atoms with Crippen molar-refractivity contribution in [3.63, 3.8) is 0 Å². The van der Waals surface area contributed by atoms with E-state index in [1.807, 2.05) is 12.1 Å². The number of anilines is 1. The first kappa shape index (κ1) is 20.7. The molecule has 144 valence electrons. The molecule has 0 amide bonds. The maximum Gasteiger partial charge on any atom is 0.490 e. The van der Waals surface area contributed by atoms with Crippen molar-refractivity contribution in [3.8, 4) is 28.6 Å². The Labute approximate surface area is 161 Å². The number of benzene rings is 1. The molecule has 0 radical (unpaired) electrons. The molecule has 11 heteroatoms. The Kier molecular flexibility index (Phi) is 6.22. The number of alkyl halides is 3. The first-order chi connectivity index (χ1) is 13.1. The summed E-state index contributed by atoms with van der Waals surface area (Å²) in [5.41, 5.74) is 9.10. The summed E-state index contributed by atoms with van der Waals surface area (Å²) in [6.07, 6.45) is -1.90. The first-order valence-corrected chi connectivity index (χ1v) is 7.76. The fourth-order valence-electron chi connectivity index (χ4n) is 2.09. The number of aromatic amines is 1. The van der Waals surface area contributed by atoms with E-state index in [1.165, 1.54) is 0 Å². The number of nitrogen functional groups attached to an aromatic ring is 1. The van der Waals surface area contributed by atoms with Gasteiger partial charge in [-0.3, -0.25) is 0 Å². The Balaban J connectivity index is 0.000000345. The van der Waals surface area contributed by atoms with Crippen LogP contribution < -0.4 is 5.73 Å². The Hall–Kier alpha value is -3.58. The van der Waals surface area contributed by atoms with Crippen LogP contribution in [0.1, 0.15) is 5.56 Å². The monoisotopic (exact) mass is 409 g/mol. The molecule has 2 aromatic heterocycles. The summed E-state index contributed by atoms with van der Waals surface area (Å²) in [6.45, 7) is 0. The number of aliphatic carboxylic acids is 1. The zero-order valence-corrected chi connectivity index (χ0v) is 14.6. The number of nitrogens with zero attached hydrogens (tertiary/aromatic N) is 3. The molecule has 0 spiro atoms. The number of aromatic nitrogens is 3. The van der Waals surface area contributed by atoms with Crippen LogP contribution in [0.25, 0.3) is 22.5 Å². The third-order valence-corrected chi connectivity index (χ3v) is 3.55. The van der Waals surface area contributed by atoms with E-state index in [0.29, 0.717) is 27.5 Å². The van der Waals surface area contributed by atoms with Crippen molar-refractivity contribution in [2.45, 2.75) is 6.18 Å². The van der Waals surface area contributed by atoms with E-state index < -0.39 is 12.1 Å². The van der Waals surface area contributed by atoms with Crippen molar-refractivity contribution >= 4 is 23.4 Å². The van der Waals surface area contributed by atoms with E-state index in [0.717, 1.165) is 5.56 Å². The van der Waals surface area contributed by atoms with E-state index in [9.17, 15) is 18.4 Å². The topological polar surface area (TPSA) is 129 Å². The predicted octanol–water partition coefficient (Wildman–Crippen LogP) is 3.88. The maximum absolute atomic E-state index is 10.6. The molecule has 28 heavy (non-hydrogen) atoms. The molecule has 0 saturated heterocycles. The molecule has 0 atom stereocenters. The smallest absolute Gasteiger partial charge is 0.475 e. The zero-order chi connectivity index (χ0) is 20.9. The number of pyridine rings is 1. The van der Waals surface area contributed by atoms with Crippen LogP contribution >= 0.6 is 11.6 Å². The van der Waals surface area contributed by atoms with Crippen molar-refractivity contribution in [2.75, 3.05) is 5.73 Å². The van der Waals surface area contributed by atoms with Crippen LogP contribution in [0.15, 0.2) is 42.9 Å². The summed E-state index contributed by atoms with van der Waals surface area (Å²) in [6, 6.07) is 11.2. The number of rotatable bonds is 2. The van der Waals surface area contributed by atoms with Crippen LogP contribution in [-0.4, -0.2) is 32.2 Å². The number of carboxylic acid groups (broad SMARTS) is 1. The van der Waals surface area contributed by atoms with E-state index in [1.54, 1.807) is 30.7 Å². The van der Waals surface area contributed by atoms with Gasteiger partial charge in [0.1, 0.15) is 17.5 Å².